The van der Waals surface area contributed by atoms with Crippen molar-refractivity contribution in [2.75, 3.05) is 5.75 Å². The number of halogens is 1. The van der Waals surface area contributed by atoms with Crippen LogP contribution in [-0.4, -0.2) is 16.0 Å². The molecule has 0 aliphatic heterocycles. The summed E-state index contributed by atoms with van der Waals surface area (Å²) in [4.78, 5) is 0. The third-order valence-electron chi connectivity index (χ3n) is 4.31. The number of ether oxygens (including phenoxy) is 1. The standard InChI is InChI=1S/C23H19ClN2O2S/c24-20-8-4-5-9-21(20)27-16-22-25-26-23(28-22)29-15-14-17-10-12-19(13-11-17)18-6-2-1-3-7-18/h1-13H,14-16H2. The fraction of sp³-hybridized carbons (Fsp3) is 0.130. The maximum Gasteiger partial charge on any atom is 0.276 e. The van der Waals surface area contributed by atoms with Gasteiger partial charge in [-0.05, 0) is 35.2 Å². The summed E-state index contributed by atoms with van der Waals surface area (Å²) in [6.07, 6.45) is 0.924. The molecule has 0 bridgehead atoms. The second kappa shape index (κ2) is 9.63. The van der Waals surface area contributed by atoms with Crippen molar-refractivity contribution < 1.29 is 9.15 Å². The molecular weight excluding hydrogens is 404 g/mol. The van der Waals surface area contributed by atoms with Crippen LogP contribution < -0.4 is 4.74 Å². The second-order valence-electron chi connectivity index (χ2n) is 6.34. The van der Waals surface area contributed by atoms with Gasteiger partial charge in [0.25, 0.3) is 11.1 Å². The van der Waals surface area contributed by atoms with Gasteiger partial charge in [-0.1, -0.05) is 90.1 Å². The zero-order valence-electron chi connectivity index (χ0n) is 15.6. The molecule has 0 saturated heterocycles. The summed E-state index contributed by atoms with van der Waals surface area (Å²) < 4.78 is 11.3. The lowest BCUT2D eigenvalue weighted by Gasteiger charge is -2.04. The first kappa shape index (κ1) is 19.6. The molecule has 3 aromatic carbocycles. The van der Waals surface area contributed by atoms with Gasteiger partial charge in [-0.25, -0.2) is 0 Å². The maximum atomic E-state index is 6.07. The molecule has 4 aromatic rings. The van der Waals surface area contributed by atoms with Crippen molar-refractivity contribution in [1.29, 1.82) is 0 Å². The van der Waals surface area contributed by atoms with Crippen molar-refractivity contribution in [1.82, 2.24) is 10.2 Å². The predicted molar refractivity (Wildman–Crippen MR) is 116 cm³/mol. The number of hydrogen-bond donors (Lipinski definition) is 0. The van der Waals surface area contributed by atoms with Crippen LogP contribution in [0.15, 0.2) is 88.5 Å². The zero-order chi connectivity index (χ0) is 19.9. The highest BCUT2D eigenvalue weighted by atomic mass is 35.5. The topological polar surface area (TPSA) is 48.2 Å². The van der Waals surface area contributed by atoms with Crippen molar-refractivity contribution in [3.05, 3.63) is 95.3 Å². The third-order valence-corrected chi connectivity index (χ3v) is 5.45. The number of aryl methyl sites for hydroxylation is 1. The molecule has 0 amide bonds. The van der Waals surface area contributed by atoms with Crippen LogP contribution in [0.2, 0.25) is 5.02 Å². The Balaban J connectivity index is 1.25. The largest absolute Gasteiger partial charge is 0.482 e. The first-order chi connectivity index (χ1) is 14.3. The first-order valence-electron chi connectivity index (χ1n) is 9.25. The van der Waals surface area contributed by atoms with E-state index in [4.69, 9.17) is 20.8 Å². The number of aromatic nitrogens is 2. The van der Waals surface area contributed by atoms with E-state index in [1.165, 1.54) is 28.5 Å². The number of hydrogen-bond acceptors (Lipinski definition) is 5. The predicted octanol–water partition coefficient (Wildman–Crippen LogP) is 6.30. The molecule has 146 valence electrons. The molecule has 1 aromatic heterocycles. The summed E-state index contributed by atoms with van der Waals surface area (Å²) in [6.45, 7) is 0.193. The van der Waals surface area contributed by atoms with Gasteiger partial charge in [0.2, 0.25) is 0 Å². The van der Waals surface area contributed by atoms with Crippen LogP contribution in [0.1, 0.15) is 11.5 Å². The van der Waals surface area contributed by atoms with Crippen LogP contribution in [0.3, 0.4) is 0 Å². The van der Waals surface area contributed by atoms with Gasteiger partial charge in [0.1, 0.15) is 5.75 Å². The zero-order valence-corrected chi connectivity index (χ0v) is 17.2. The average molecular weight is 423 g/mol. The van der Waals surface area contributed by atoms with E-state index in [0.29, 0.717) is 21.9 Å². The molecule has 0 N–H and O–H groups in total. The molecule has 0 atom stereocenters. The number of nitrogens with zero attached hydrogens (tertiary/aromatic N) is 2. The van der Waals surface area contributed by atoms with Crippen molar-refractivity contribution in [3.63, 3.8) is 0 Å². The summed E-state index contributed by atoms with van der Waals surface area (Å²) in [5, 5.41) is 9.20. The fourth-order valence-electron chi connectivity index (χ4n) is 2.81. The molecule has 0 aliphatic carbocycles. The van der Waals surface area contributed by atoms with Crippen molar-refractivity contribution in [2.45, 2.75) is 18.3 Å². The van der Waals surface area contributed by atoms with E-state index in [1.54, 1.807) is 12.1 Å². The van der Waals surface area contributed by atoms with Crippen molar-refractivity contribution in [2.24, 2.45) is 0 Å². The SMILES string of the molecule is Clc1ccccc1OCc1nnc(SCCc2ccc(-c3ccccc3)cc2)o1. The molecule has 0 spiro atoms. The summed E-state index contributed by atoms with van der Waals surface area (Å²) in [5.74, 6) is 1.89. The Morgan fingerprint density at radius 2 is 1.55 bits per heavy atom. The van der Waals surface area contributed by atoms with Crippen LogP contribution in [0.25, 0.3) is 11.1 Å². The Hall–Kier alpha value is -2.76. The minimum atomic E-state index is 0.193. The number of thioether (sulfide) groups is 1. The highest BCUT2D eigenvalue weighted by molar-refractivity contribution is 7.99. The van der Waals surface area contributed by atoms with Crippen LogP contribution >= 0.6 is 23.4 Å². The molecule has 6 heteroatoms. The Bertz CT molecular complexity index is 1050. The van der Waals surface area contributed by atoms with Crippen LogP contribution in [0.4, 0.5) is 0 Å². The number of benzene rings is 3. The molecule has 0 fully saturated rings. The highest BCUT2D eigenvalue weighted by Crippen LogP contribution is 2.25. The van der Waals surface area contributed by atoms with E-state index in [2.05, 4.69) is 58.7 Å². The van der Waals surface area contributed by atoms with Gasteiger partial charge < -0.3 is 9.15 Å². The van der Waals surface area contributed by atoms with Gasteiger partial charge >= 0.3 is 0 Å². The molecule has 0 radical (unpaired) electrons. The van der Waals surface area contributed by atoms with Gasteiger partial charge in [-0.3, -0.25) is 0 Å². The monoisotopic (exact) mass is 422 g/mol. The molecule has 0 aliphatic rings. The lowest BCUT2D eigenvalue weighted by molar-refractivity contribution is 0.252. The smallest absolute Gasteiger partial charge is 0.276 e. The summed E-state index contributed by atoms with van der Waals surface area (Å²) in [5.41, 5.74) is 3.73. The summed E-state index contributed by atoms with van der Waals surface area (Å²) >= 11 is 7.61. The van der Waals surface area contributed by atoms with E-state index in [1.807, 2.05) is 18.2 Å². The van der Waals surface area contributed by atoms with E-state index in [9.17, 15) is 0 Å². The molecule has 4 nitrogen and oxygen atoms in total. The third kappa shape index (κ3) is 5.40. The van der Waals surface area contributed by atoms with Gasteiger partial charge in [0.15, 0.2) is 6.61 Å². The summed E-state index contributed by atoms with van der Waals surface area (Å²) in [7, 11) is 0. The van der Waals surface area contributed by atoms with Crippen molar-refractivity contribution in [3.8, 4) is 16.9 Å². The molecular formula is C23H19ClN2O2S. The molecule has 29 heavy (non-hydrogen) atoms. The van der Waals surface area contributed by atoms with E-state index >= 15 is 0 Å². The molecule has 0 saturated carbocycles. The van der Waals surface area contributed by atoms with Crippen LogP contribution in [0, 0.1) is 0 Å². The first-order valence-corrected chi connectivity index (χ1v) is 10.6. The maximum absolute atomic E-state index is 6.07. The Morgan fingerprint density at radius 1 is 0.828 bits per heavy atom. The normalized spacial score (nSPS) is 10.8. The van der Waals surface area contributed by atoms with Crippen LogP contribution in [-0.2, 0) is 13.0 Å². The highest BCUT2D eigenvalue weighted by Gasteiger charge is 2.09. The van der Waals surface area contributed by atoms with E-state index < -0.39 is 0 Å². The van der Waals surface area contributed by atoms with Gasteiger partial charge in [-0.2, -0.15) is 0 Å². The van der Waals surface area contributed by atoms with E-state index in [-0.39, 0.29) is 6.61 Å². The van der Waals surface area contributed by atoms with Gasteiger partial charge in [0, 0.05) is 5.75 Å². The number of rotatable bonds is 8. The van der Waals surface area contributed by atoms with E-state index in [0.717, 1.165) is 12.2 Å². The Kier molecular flexibility index (Phi) is 6.49. The number of para-hydroxylation sites is 1. The van der Waals surface area contributed by atoms with Gasteiger partial charge in [-0.15, -0.1) is 10.2 Å². The molecule has 4 rings (SSSR count). The molecule has 1 heterocycles. The minimum absolute atomic E-state index is 0.193. The summed E-state index contributed by atoms with van der Waals surface area (Å²) in [6, 6.07) is 26.3. The average Bonchev–Trinajstić information content (AvgIpc) is 3.22. The second-order valence-corrected chi connectivity index (χ2v) is 7.80. The Morgan fingerprint density at radius 3 is 2.34 bits per heavy atom. The van der Waals surface area contributed by atoms with Gasteiger partial charge in [0.05, 0.1) is 5.02 Å². The quantitative estimate of drug-likeness (QED) is 0.311. The van der Waals surface area contributed by atoms with Crippen molar-refractivity contribution >= 4 is 23.4 Å². The van der Waals surface area contributed by atoms with Crippen LogP contribution in [0.5, 0.6) is 5.75 Å². The Labute approximate surface area is 178 Å². The lowest BCUT2D eigenvalue weighted by atomic mass is 10.0. The molecule has 0 unspecified atom stereocenters. The minimum Gasteiger partial charge on any atom is -0.482 e. The fourth-order valence-corrected chi connectivity index (χ4v) is 3.76. The lowest BCUT2D eigenvalue weighted by Crippen LogP contribution is -1.95.